The molecule has 0 bridgehead atoms. The summed E-state index contributed by atoms with van der Waals surface area (Å²) in [6.45, 7) is 0.970. The molecule has 3 N–H and O–H groups in total. The highest BCUT2D eigenvalue weighted by molar-refractivity contribution is 7.80. The summed E-state index contributed by atoms with van der Waals surface area (Å²) >= 11 is 5.00. The maximum atomic E-state index is 11.3. The van der Waals surface area contributed by atoms with Crippen LogP contribution in [0.2, 0.25) is 0 Å². The molecule has 104 valence electrons. The van der Waals surface area contributed by atoms with Crippen molar-refractivity contribution in [3.63, 3.8) is 0 Å². The first-order valence-electron chi connectivity index (χ1n) is 5.83. The molecule has 0 unspecified atom stereocenters. The molecule has 0 saturated heterocycles. The van der Waals surface area contributed by atoms with E-state index in [-0.39, 0.29) is 5.91 Å². The third-order valence-electron chi connectivity index (χ3n) is 2.67. The Labute approximate surface area is 118 Å². The van der Waals surface area contributed by atoms with Crippen molar-refractivity contribution >= 4 is 23.1 Å². The summed E-state index contributed by atoms with van der Waals surface area (Å²) in [5.74, 6) is 0.635. The van der Waals surface area contributed by atoms with E-state index in [1.807, 2.05) is 30.1 Å². The molecule has 1 aromatic carbocycles. The molecule has 1 amide bonds. The van der Waals surface area contributed by atoms with Gasteiger partial charge >= 0.3 is 0 Å². The topological polar surface area (TPSA) is 67.6 Å². The van der Waals surface area contributed by atoms with Crippen molar-refractivity contribution in [2.24, 2.45) is 5.73 Å². The molecule has 19 heavy (non-hydrogen) atoms. The molecule has 0 aliphatic carbocycles. The van der Waals surface area contributed by atoms with Crippen LogP contribution >= 0.6 is 12.2 Å². The highest BCUT2D eigenvalue weighted by atomic mass is 32.1. The molecular formula is C13H19N3O2S. The van der Waals surface area contributed by atoms with Crippen molar-refractivity contribution in [3.8, 4) is 5.75 Å². The van der Waals surface area contributed by atoms with Crippen LogP contribution in [0.25, 0.3) is 0 Å². The second-order valence-corrected chi connectivity index (χ2v) is 4.68. The number of rotatable bonds is 6. The number of amides is 1. The molecule has 1 rings (SSSR count). The zero-order valence-electron chi connectivity index (χ0n) is 11.4. The number of hydrogen-bond acceptors (Lipinski definition) is 4. The largest absolute Gasteiger partial charge is 0.496 e. The molecular weight excluding hydrogens is 262 g/mol. The maximum absolute atomic E-state index is 11.3. The average Bonchev–Trinajstić information content (AvgIpc) is 2.38. The first-order valence-corrected chi connectivity index (χ1v) is 6.24. The Hall–Kier alpha value is -1.66. The zero-order chi connectivity index (χ0) is 14.4. The van der Waals surface area contributed by atoms with Gasteiger partial charge in [-0.05, 0) is 24.7 Å². The van der Waals surface area contributed by atoms with Crippen LogP contribution in [0.5, 0.6) is 5.75 Å². The summed E-state index contributed by atoms with van der Waals surface area (Å²) in [6, 6.07) is 5.65. The third kappa shape index (κ3) is 4.50. The van der Waals surface area contributed by atoms with E-state index in [9.17, 15) is 4.79 Å². The van der Waals surface area contributed by atoms with E-state index in [2.05, 4.69) is 5.32 Å². The third-order valence-corrected chi connectivity index (χ3v) is 2.89. The van der Waals surface area contributed by atoms with Crippen LogP contribution in [-0.2, 0) is 11.3 Å². The van der Waals surface area contributed by atoms with Crippen molar-refractivity contribution in [2.75, 3.05) is 27.7 Å². The Morgan fingerprint density at radius 3 is 2.74 bits per heavy atom. The summed E-state index contributed by atoms with van der Waals surface area (Å²) in [5, 5.41) is 2.59. The van der Waals surface area contributed by atoms with Gasteiger partial charge in [0.25, 0.3) is 0 Å². The number of ether oxygens (including phenoxy) is 1. The molecule has 6 heteroatoms. The Morgan fingerprint density at radius 2 is 2.21 bits per heavy atom. The van der Waals surface area contributed by atoms with E-state index in [4.69, 9.17) is 22.7 Å². The SMILES string of the molecule is CNC(=O)CN(C)Cc1ccc(OC)c(C(N)=S)c1. The minimum Gasteiger partial charge on any atom is -0.496 e. The summed E-state index contributed by atoms with van der Waals surface area (Å²) in [6.07, 6.45) is 0. The van der Waals surface area contributed by atoms with Gasteiger partial charge in [-0.3, -0.25) is 9.69 Å². The van der Waals surface area contributed by atoms with Crippen LogP contribution < -0.4 is 15.8 Å². The van der Waals surface area contributed by atoms with E-state index in [0.29, 0.717) is 29.4 Å². The number of methoxy groups -OCH3 is 1. The fraction of sp³-hybridized carbons (Fsp3) is 0.385. The van der Waals surface area contributed by atoms with Gasteiger partial charge in [0.1, 0.15) is 10.7 Å². The molecule has 0 radical (unpaired) electrons. The first-order chi connectivity index (χ1) is 8.97. The molecule has 0 aliphatic heterocycles. The second-order valence-electron chi connectivity index (χ2n) is 4.24. The highest BCUT2D eigenvalue weighted by Crippen LogP contribution is 2.20. The number of benzene rings is 1. The van der Waals surface area contributed by atoms with Crippen molar-refractivity contribution in [2.45, 2.75) is 6.54 Å². The first kappa shape index (κ1) is 15.4. The normalized spacial score (nSPS) is 10.3. The number of hydrogen-bond donors (Lipinski definition) is 2. The maximum Gasteiger partial charge on any atom is 0.233 e. The highest BCUT2D eigenvalue weighted by Gasteiger charge is 2.10. The van der Waals surface area contributed by atoms with Gasteiger partial charge in [-0.1, -0.05) is 18.3 Å². The molecule has 1 aromatic rings. The van der Waals surface area contributed by atoms with Crippen LogP contribution in [0.15, 0.2) is 18.2 Å². The number of likely N-dealkylation sites (N-methyl/N-ethyl adjacent to an activating group) is 2. The van der Waals surface area contributed by atoms with Gasteiger partial charge in [-0.25, -0.2) is 0 Å². The van der Waals surface area contributed by atoms with Crippen LogP contribution in [0.3, 0.4) is 0 Å². The van der Waals surface area contributed by atoms with Crippen molar-refractivity contribution in [3.05, 3.63) is 29.3 Å². The smallest absolute Gasteiger partial charge is 0.233 e. The minimum absolute atomic E-state index is 0.0226. The van der Waals surface area contributed by atoms with Crippen molar-refractivity contribution < 1.29 is 9.53 Å². The Bertz CT molecular complexity index is 477. The van der Waals surface area contributed by atoms with Gasteiger partial charge in [0.2, 0.25) is 5.91 Å². The van der Waals surface area contributed by atoms with E-state index in [1.54, 1.807) is 14.2 Å². The van der Waals surface area contributed by atoms with Crippen molar-refractivity contribution in [1.82, 2.24) is 10.2 Å². The van der Waals surface area contributed by atoms with Crippen LogP contribution in [0, 0.1) is 0 Å². The number of carbonyl (C=O) groups is 1. The molecule has 0 aliphatic rings. The number of nitrogens with zero attached hydrogens (tertiary/aromatic N) is 1. The molecule has 0 saturated carbocycles. The lowest BCUT2D eigenvalue weighted by Crippen LogP contribution is -2.32. The molecule has 0 aromatic heterocycles. The van der Waals surface area contributed by atoms with Gasteiger partial charge in [0, 0.05) is 13.6 Å². The summed E-state index contributed by atoms with van der Waals surface area (Å²) in [5.41, 5.74) is 7.40. The Balaban J connectivity index is 2.82. The van der Waals surface area contributed by atoms with Crippen LogP contribution in [0.1, 0.15) is 11.1 Å². The van der Waals surface area contributed by atoms with Crippen molar-refractivity contribution in [1.29, 1.82) is 0 Å². The average molecular weight is 281 g/mol. The molecule has 0 fully saturated rings. The Kier molecular flexibility index (Phi) is 5.72. The standard InChI is InChI=1S/C13H19N3O2S/c1-15-12(17)8-16(2)7-9-4-5-11(18-3)10(6-9)13(14)19/h4-6H,7-8H2,1-3H3,(H2,14,19)(H,15,17). The van der Waals surface area contributed by atoms with Gasteiger partial charge in [0.15, 0.2) is 0 Å². The zero-order valence-corrected chi connectivity index (χ0v) is 12.2. The number of nitrogens with two attached hydrogens (primary N) is 1. The molecule has 5 nitrogen and oxygen atoms in total. The predicted octanol–water partition coefficient (Wildman–Crippen LogP) is 0.507. The number of thiocarbonyl (C=S) groups is 1. The van der Waals surface area contributed by atoms with E-state index >= 15 is 0 Å². The van der Waals surface area contributed by atoms with Gasteiger partial charge in [-0.15, -0.1) is 0 Å². The van der Waals surface area contributed by atoms with E-state index in [0.717, 1.165) is 5.56 Å². The van der Waals surface area contributed by atoms with Gasteiger partial charge < -0.3 is 15.8 Å². The quantitative estimate of drug-likeness (QED) is 0.744. The van der Waals surface area contributed by atoms with Crippen LogP contribution in [-0.4, -0.2) is 43.5 Å². The second kappa shape index (κ2) is 7.06. The fourth-order valence-electron chi connectivity index (χ4n) is 1.74. The summed E-state index contributed by atoms with van der Waals surface area (Å²) < 4.78 is 5.20. The van der Waals surface area contributed by atoms with Gasteiger partial charge in [0.05, 0.1) is 19.2 Å². The molecule has 0 spiro atoms. The fourth-order valence-corrected chi connectivity index (χ4v) is 1.90. The lowest BCUT2D eigenvalue weighted by atomic mass is 10.1. The summed E-state index contributed by atoms with van der Waals surface area (Å²) in [7, 11) is 5.07. The minimum atomic E-state index is -0.0226. The lowest BCUT2D eigenvalue weighted by Gasteiger charge is -2.17. The van der Waals surface area contributed by atoms with Crippen LogP contribution in [0.4, 0.5) is 0 Å². The summed E-state index contributed by atoms with van der Waals surface area (Å²) in [4.78, 5) is 13.5. The predicted molar refractivity (Wildman–Crippen MR) is 79.3 cm³/mol. The van der Waals surface area contributed by atoms with E-state index < -0.39 is 0 Å². The molecule has 0 atom stereocenters. The Morgan fingerprint density at radius 1 is 1.53 bits per heavy atom. The number of carbonyl (C=O) groups excluding carboxylic acids is 1. The van der Waals surface area contributed by atoms with Gasteiger partial charge in [-0.2, -0.15) is 0 Å². The molecule has 0 heterocycles. The monoisotopic (exact) mass is 281 g/mol. The lowest BCUT2D eigenvalue weighted by molar-refractivity contribution is -0.121. The number of nitrogens with one attached hydrogen (secondary N) is 1. The van der Waals surface area contributed by atoms with E-state index in [1.165, 1.54) is 0 Å².